The van der Waals surface area contributed by atoms with Crippen LogP contribution in [0.4, 0.5) is 0 Å². The number of amides is 1. The van der Waals surface area contributed by atoms with E-state index < -0.39 is 17.7 Å². The predicted octanol–water partition coefficient (Wildman–Crippen LogP) is 4.66. The second-order valence-corrected chi connectivity index (χ2v) is 9.09. The summed E-state index contributed by atoms with van der Waals surface area (Å²) in [4.78, 5) is 27.5. The lowest BCUT2D eigenvalue weighted by Crippen LogP contribution is -2.31. The fourth-order valence-electron chi connectivity index (χ4n) is 3.83. The Hall–Kier alpha value is -3.32. The Balaban J connectivity index is 1.96. The van der Waals surface area contributed by atoms with Crippen molar-refractivity contribution in [1.29, 1.82) is 0 Å². The standard InChI is InChI=1S/C27H33NO6/c1-17(2)16-34-22-11-9-19(10-12-22)25(30)23-24(20-7-5-8-21(29)15-20)28(27(32)26(23)31)13-6-14-33-18(3)4/h5,7-12,15,17-18,24,29-30H,6,13-14,16H2,1-4H3/b25-23-. The Kier molecular flexibility index (Phi) is 8.34. The zero-order valence-electron chi connectivity index (χ0n) is 20.2. The average molecular weight is 468 g/mol. The number of ketones is 1. The zero-order valence-corrected chi connectivity index (χ0v) is 20.2. The van der Waals surface area contributed by atoms with E-state index in [1.807, 2.05) is 13.8 Å². The minimum absolute atomic E-state index is 0.00349. The highest BCUT2D eigenvalue weighted by Crippen LogP contribution is 2.40. The number of hydrogen-bond acceptors (Lipinski definition) is 6. The monoisotopic (exact) mass is 467 g/mol. The van der Waals surface area contributed by atoms with Crippen LogP contribution in [-0.2, 0) is 14.3 Å². The number of phenols is 1. The highest BCUT2D eigenvalue weighted by atomic mass is 16.5. The number of benzene rings is 2. The third kappa shape index (κ3) is 5.97. The molecule has 0 spiro atoms. The third-order valence-electron chi connectivity index (χ3n) is 5.43. The Morgan fingerprint density at radius 1 is 1.06 bits per heavy atom. The van der Waals surface area contributed by atoms with Gasteiger partial charge in [0.05, 0.1) is 24.3 Å². The van der Waals surface area contributed by atoms with Gasteiger partial charge in [0.25, 0.3) is 11.7 Å². The second kappa shape index (κ2) is 11.2. The van der Waals surface area contributed by atoms with E-state index in [-0.39, 0.29) is 29.7 Å². The number of phenolic OH excluding ortho intramolecular Hbond substituents is 1. The SMILES string of the molecule is CC(C)COc1ccc(/C(O)=C2/C(=O)C(=O)N(CCCOC(C)C)C2c2cccc(O)c2)cc1. The lowest BCUT2D eigenvalue weighted by Gasteiger charge is -2.25. The number of aliphatic hydroxyl groups is 1. The molecule has 0 saturated carbocycles. The molecule has 2 N–H and O–H groups in total. The third-order valence-corrected chi connectivity index (χ3v) is 5.43. The number of aromatic hydroxyl groups is 1. The fourth-order valence-corrected chi connectivity index (χ4v) is 3.83. The molecule has 0 radical (unpaired) electrons. The number of Topliss-reactive ketones (excluding diaryl/α,β-unsaturated/α-hetero) is 1. The van der Waals surface area contributed by atoms with E-state index in [0.29, 0.717) is 42.4 Å². The van der Waals surface area contributed by atoms with E-state index in [9.17, 15) is 19.8 Å². The molecule has 0 bridgehead atoms. The van der Waals surface area contributed by atoms with Crippen molar-refractivity contribution in [2.24, 2.45) is 5.92 Å². The molecule has 34 heavy (non-hydrogen) atoms. The first kappa shape index (κ1) is 25.3. The molecule has 1 amide bonds. The highest BCUT2D eigenvalue weighted by molar-refractivity contribution is 6.46. The molecule has 2 aromatic rings. The first-order valence-electron chi connectivity index (χ1n) is 11.6. The topological polar surface area (TPSA) is 96.3 Å². The number of hydrogen-bond donors (Lipinski definition) is 2. The van der Waals surface area contributed by atoms with E-state index in [2.05, 4.69) is 13.8 Å². The van der Waals surface area contributed by atoms with Crippen LogP contribution < -0.4 is 4.74 Å². The largest absolute Gasteiger partial charge is 0.508 e. The molecule has 2 aromatic carbocycles. The van der Waals surface area contributed by atoms with Crippen LogP contribution >= 0.6 is 0 Å². The van der Waals surface area contributed by atoms with Gasteiger partial charge >= 0.3 is 0 Å². The first-order valence-corrected chi connectivity index (χ1v) is 11.6. The number of likely N-dealkylation sites (tertiary alicyclic amines) is 1. The Labute approximate surface area is 200 Å². The summed E-state index contributed by atoms with van der Waals surface area (Å²) in [6.07, 6.45) is 0.590. The summed E-state index contributed by atoms with van der Waals surface area (Å²) in [5, 5.41) is 21.2. The number of carbonyl (C=O) groups excluding carboxylic acids is 2. The maximum Gasteiger partial charge on any atom is 0.295 e. The summed E-state index contributed by atoms with van der Waals surface area (Å²) in [6.45, 7) is 9.23. The molecule has 7 nitrogen and oxygen atoms in total. The molecular formula is C27H33NO6. The van der Waals surface area contributed by atoms with Crippen LogP contribution in [0.25, 0.3) is 5.76 Å². The van der Waals surface area contributed by atoms with E-state index in [1.165, 1.54) is 17.0 Å². The van der Waals surface area contributed by atoms with Gasteiger partial charge in [0, 0.05) is 18.7 Å². The van der Waals surface area contributed by atoms with Gasteiger partial charge in [-0.1, -0.05) is 26.0 Å². The second-order valence-electron chi connectivity index (χ2n) is 9.09. The maximum absolute atomic E-state index is 13.1. The van der Waals surface area contributed by atoms with Crippen molar-refractivity contribution >= 4 is 17.4 Å². The molecule has 0 aromatic heterocycles. The van der Waals surface area contributed by atoms with Crippen LogP contribution in [0.3, 0.4) is 0 Å². The predicted molar refractivity (Wildman–Crippen MR) is 130 cm³/mol. The molecule has 1 aliphatic rings. The Morgan fingerprint density at radius 3 is 2.38 bits per heavy atom. The van der Waals surface area contributed by atoms with Crippen LogP contribution in [0.5, 0.6) is 11.5 Å². The van der Waals surface area contributed by atoms with Gasteiger partial charge < -0.3 is 24.6 Å². The number of ether oxygens (including phenoxy) is 2. The van der Waals surface area contributed by atoms with Crippen molar-refractivity contribution in [3.8, 4) is 11.5 Å². The van der Waals surface area contributed by atoms with Gasteiger partial charge in [0.15, 0.2) is 0 Å². The van der Waals surface area contributed by atoms with Crippen molar-refractivity contribution in [2.75, 3.05) is 19.8 Å². The van der Waals surface area contributed by atoms with Gasteiger partial charge in [-0.2, -0.15) is 0 Å². The van der Waals surface area contributed by atoms with E-state index in [0.717, 1.165) is 0 Å². The maximum atomic E-state index is 13.1. The normalized spacial score (nSPS) is 17.7. The molecule has 1 fully saturated rings. The lowest BCUT2D eigenvalue weighted by atomic mass is 9.95. The number of aliphatic hydroxyl groups excluding tert-OH is 1. The molecule has 1 saturated heterocycles. The average Bonchev–Trinajstić information content (AvgIpc) is 3.05. The van der Waals surface area contributed by atoms with Crippen LogP contribution in [0, 0.1) is 5.92 Å². The summed E-state index contributed by atoms with van der Waals surface area (Å²) < 4.78 is 11.3. The van der Waals surface area contributed by atoms with Crippen LogP contribution in [0.1, 0.15) is 51.3 Å². The Bertz CT molecular complexity index is 1040. The Morgan fingerprint density at radius 2 is 1.76 bits per heavy atom. The van der Waals surface area contributed by atoms with Crippen molar-refractivity contribution in [1.82, 2.24) is 4.90 Å². The molecule has 182 valence electrons. The first-order chi connectivity index (χ1) is 16.2. The summed E-state index contributed by atoms with van der Waals surface area (Å²) in [5.74, 6) is -0.661. The van der Waals surface area contributed by atoms with Gasteiger partial charge in [0.1, 0.15) is 17.3 Å². The summed E-state index contributed by atoms with van der Waals surface area (Å²) in [7, 11) is 0. The lowest BCUT2D eigenvalue weighted by molar-refractivity contribution is -0.140. The van der Waals surface area contributed by atoms with Crippen molar-refractivity contribution in [3.05, 3.63) is 65.2 Å². The summed E-state index contributed by atoms with van der Waals surface area (Å²) in [5.41, 5.74) is 0.946. The molecule has 7 heteroatoms. The van der Waals surface area contributed by atoms with Crippen LogP contribution in [0.15, 0.2) is 54.1 Å². The summed E-state index contributed by atoms with van der Waals surface area (Å²) >= 11 is 0. The quantitative estimate of drug-likeness (QED) is 0.228. The van der Waals surface area contributed by atoms with E-state index >= 15 is 0 Å². The number of carbonyl (C=O) groups is 2. The fraction of sp³-hybridized carbons (Fsp3) is 0.407. The molecule has 1 unspecified atom stereocenters. The van der Waals surface area contributed by atoms with Crippen LogP contribution in [-0.4, -0.2) is 52.7 Å². The van der Waals surface area contributed by atoms with Gasteiger partial charge in [-0.3, -0.25) is 9.59 Å². The molecule has 0 aliphatic carbocycles. The highest BCUT2D eigenvalue weighted by Gasteiger charge is 2.45. The van der Waals surface area contributed by atoms with E-state index in [4.69, 9.17) is 9.47 Å². The van der Waals surface area contributed by atoms with Gasteiger partial charge in [0.2, 0.25) is 0 Å². The van der Waals surface area contributed by atoms with Crippen molar-refractivity contribution < 1.29 is 29.3 Å². The molecular weight excluding hydrogens is 434 g/mol. The number of nitrogens with zero attached hydrogens (tertiary/aromatic N) is 1. The van der Waals surface area contributed by atoms with Gasteiger partial charge in [-0.25, -0.2) is 0 Å². The zero-order chi connectivity index (χ0) is 24.8. The van der Waals surface area contributed by atoms with E-state index in [1.54, 1.807) is 36.4 Å². The van der Waals surface area contributed by atoms with Gasteiger partial charge in [-0.05, 0) is 68.1 Å². The minimum Gasteiger partial charge on any atom is -0.508 e. The molecule has 1 aliphatic heterocycles. The molecule has 3 rings (SSSR count). The molecule has 1 atom stereocenters. The summed E-state index contributed by atoms with van der Waals surface area (Å²) in [6, 6.07) is 12.3. The van der Waals surface area contributed by atoms with Crippen molar-refractivity contribution in [2.45, 2.75) is 46.3 Å². The number of rotatable bonds is 10. The minimum atomic E-state index is -0.817. The molecule has 1 heterocycles. The van der Waals surface area contributed by atoms with Gasteiger partial charge in [-0.15, -0.1) is 0 Å². The van der Waals surface area contributed by atoms with Crippen LogP contribution in [0.2, 0.25) is 0 Å². The smallest absolute Gasteiger partial charge is 0.295 e. The van der Waals surface area contributed by atoms with Crippen molar-refractivity contribution in [3.63, 3.8) is 0 Å².